The number of hydrogen-bond donors (Lipinski definition) is 1. The van der Waals surface area contributed by atoms with Crippen LogP contribution in [0.3, 0.4) is 0 Å². The normalized spacial score (nSPS) is 10.2. The lowest BCUT2D eigenvalue weighted by atomic mass is 10.1. The van der Waals surface area contributed by atoms with Gasteiger partial charge in [-0.2, -0.15) is 0 Å². The second-order valence-corrected chi connectivity index (χ2v) is 5.36. The number of benzene rings is 2. The predicted octanol–water partition coefficient (Wildman–Crippen LogP) is 3.54. The van der Waals surface area contributed by atoms with Gasteiger partial charge in [-0.3, -0.25) is 14.9 Å². The summed E-state index contributed by atoms with van der Waals surface area (Å²) in [6, 6.07) is 10.2. The summed E-state index contributed by atoms with van der Waals surface area (Å²) in [5.74, 6) is 0.346. The number of aryl methyl sites for hydroxylation is 3. The third-order valence-corrected chi connectivity index (χ3v) is 3.38. The molecule has 0 aromatic heterocycles. The number of ether oxygens (including phenoxy) is 1. The Bertz CT molecular complexity index is 756. The molecular weight excluding hydrogens is 296 g/mol. The number of hydrogen-bond acceptors (Lipinski definition) is 4. The van der Waals surface area contributed by atoms with Crippen LogP contribution in [0.25, 0.3) is 0 Å². The Labute approximate surface area is 134 Å². The fourth-order valence-electron chi connectivity index (χ4n) is 2.14. The first-order valence-electron chi connectivity index (χ1n) is 7.12. The van der Waals surface area contributed by atoms with E-state index in [0.29, 0.717) is 17.0 Å². The lowest BCUT2D eigenvalue weighted by Gasteiger charge is -2.10. The van der Waals surface area contributed by atoms with Gasteiger partial charge in [0.1, 0.15) is 5.75 Å². The van der Waals surface area contributed by atoms with E-state index in [1.165, 1.54) is 12.1 Å². The van der Waals surface area contributed by atoms with Crippen molar-refractivity contribution in [2.24, 2.45) is 0 Å². The molecule has 2 rings (SSSR count). The largest absolute Gasteiger partial charge is 0.483 e. The SMILES string of the molecule is Cc1ccc(C)c(OCC(=O)Nc2ccc([N+](=O)[O-])c(C)c2)c1. The number of anilines is 1. The summed E-state index contributed by atoms with van der Waals surface area (Å²) in [5.41, 5.74) is 3.02. The van der Waals surface area contributed by atoms with Crippen molar-refractivity contribution in [3.63, 3.8) is 0 Å². The van der Waals surface area contributed by atoms with Crippen LogP contribution in [-0.2, 0) is 4.79 Å². The van der Waals surface area contributed by atoms with Crippen molar-refractivity contribution in [1.82, 2.24) is 0 Å². The minimum Gasteiger partial charge on any atom is -0.483 e. The zero-order valence-corrected chi connectivity index (χ0v) is 13.3. The minimum absolute atomic E-state index is 0.0228. The molecule has 0 saturated heterocycles. The first-order chi connectivity index (χ1) is 10.9. The molecule has 0 aliphatic heterocycles. The van der Waals surface area contributed by atoms with Crippen molar-refractivity contribution < 1.29 is 14.5 Å². The van der Waals surface area contributed by atoms with E-state index in [1.54, 1.807) is 13.0 Å². The second-order valence-electron chi connectivity index (χ2n) is 5.36. The third kappa shape index (κ3) is 4.29. The Hall–Kier alpha value is -2.89. The number of amides is 1. The van der Waals surface area contributed by atoms with Gasteiger partial charge in [0.25, 0.3) is 11.6 Å². The van der Waals surface area contributed by atoms with E-state index >= 15 is 0 Å². The molecule has 0 aliphatic carbocycles. The molecule has 6 heteroatoms. The van der Waals surface area contributed by atoms with E-state index in [1.807, 2.05) is 32.0 Å². The number of nitrogens with zero attached hydrogens (tertiary/aromatic N) is 1. The molecule has 6 nitrogen and oxygen atoms in total. The maximum Gasteiger partial charge on any atom is 0.272 e. The van der Waals surface area contributed by atoms with Crippen LogP contribution >= 0.6 is 0 Å². The van der Waals surface area contributed by atoms with Gasteiger partial charge >= 0.3 is 0 Å². The summed E-state index contributed by atoms with van der Waals surface area (Å²) in [6.45, 7) is 5.36. The third-order valence-electron chi connectivity index (χ3n) is 3.38. The average Bonchev–Trinajstić information content (AvgIpc) is 2.48. The number of nitro benzene ring substituents is 1. The van der Waals surface area contributed by atoms with Gasteiger partial charge in [-0.15, -0.1) is 0 Å². The van der Waals surface area contributed by atoms with Gasteiger partial charge in [0, 0.05) is 17.3 Å². The standard InChI is InChI=1S/C17H18N2O4/c1-11-4-5-12(2)16(8-11)23-10-17(20)18-14-6-7-15(19(21)22)13(3)9-14/h4-9H,10H2,1-3H3,(H,18,20). The van der Waals surface area contributed by atoms with Crippen LogP contribution in [0.5, 0.6) is 5.75 Å². The summed E-state index contributed by atoms with van der Waals surface area (Å²) in [4.78, 5) is 22.3. The van der Waals surface area contributed by atoms with E-state index in [0.717, 1.165) is 11.1 Å². The van der Waals surface area contributed by atoms with Gasteiger partial charge in [-0.25, -0.2) is 0 Å². The summed E-state index contributed by atoms with van der Waals surface area (Å²) in [6.07, 6.45) is 0. The molecule has 23 heavy (non-hydrogen) atoms. The molecule has 1 amide bonds. The molecule has 0 atom stereocenters. The highest BCUT2D eigenvalue weighted by Gasteiger charge is 2.12. The fraction of sp³-hybridized carbons (Fsp3) is 0.235. The zero-order chi connectivity index (χ0) is 17.0. The van der Waals surface area contributed by atoms with Gasteiger partial charge in [0.05, 0.1) is 4.92 Å². The lowest BCUT2D eigenvalue weighted by Crippen LogP contribution is -2.20. The number of rotatable bonds is 5. The molecule has 0 aliphatic rings. The van der Waals surface area contributed by atoms with Gasteiger partial charge in [-0.05, 0) is 50.1 Å². The van der Waals surface area contributed by atoms with Crippen molar-refractivity contribution >= 4 is 17.3 Å². The molecule has 0 saturated carbocycles. The highest BCUT2D eigenvalue weighted by Crippen LogP contribution is 2.22. The summed E-state index contributed by atoms with van der Waals surface area (Å²) < 4.78 is 5.52. The van der Waals surface area contributed by atoms with Crippen LogP contribution in [-0.4, -0.2) is 17.4 Å². The second kappa shape index (κ2) is 6.91. The summed E-state index contributed by atoms with van der Waals surface area (Å²) in [7, 11) is 0. The van der Waals surface area contributed by atoms with Crippen molar-refractivity contribution in [2.75, 3.05) is 11.9 Å². The molecule has 1 N–H and O–H groups in total. The number of carbonyl (C=O) groups excluding carboxylic acids is 1. The minimum atomic E-state index is -0.454. The molecule has 2 aromatic rings. The average molecular weight is 314 g/mol. The zero-order valence-electron chi connectivity index (χ0n) is 13.3. The number of carbonyl (C=O) groups is 1. The fourth-order valence-corrected chi connectivity index (χ4v) is 2.14. The molecule has 2 aromatic carbocycles. The van der Waals surface area contributed by atoms with Gasteiger partial charge in [0.2, 0.25) is 0 Å². The lowest BCUT2D eigenvalue weighted by molar-refractivity contribution is -0.385. The Balaban J connectivity index is 1.98. The maximum absolute atomic E-state index is 11.9. The van der Waals surface area contributed by atoms with E-state index < -0.39 is 4.92 Å². The van der Waals surface area contributed by atoms with Crippen molar-refractivity contribution in [1.29, 1.82) is 0 Å². The van der Waals surface area contributed by atoms with E-state index in [-0.39, 0.29) is 18.2 Å². The topological polar surface area (TPSA) is 81.5 Å². The monoisotopic (exact) mass is 314 g/mol. The summed E-state index contributed by atoms with van der Waals surface area (Å²) in [5, 5.41) is 13.4. The Morgan fingerprint density at radius 2 is 1.87 bits per heavy atom. The van der Waals surface area contributed by atoms with Crippen LogP contribution < -0.4 is 10.1 Å². The van der Waals surface area contributed by atoms with Gasteiger partial charge in [-0.1, -0.05) is 12.1 Å². The maximum atomic E-state index is 11.9. The first-order valence-corrected chi connectivity index (χ1v) is 7.12. The molecule has 0 heterocycles. The quantitative estimate of drug-likeness (QED) is 0.676. The Kier molecular flexibility index (Phi) is 4.95. The van der Waals surface area contributed by atoms with E-state index in [2.05, 4.69) is 5.32 Å². The highest BCUT2D eigenvalue weighted by atomic mass is 16.6. The van der Waals surface area contributed by atoms with Gasteiger partial charge in [0.15, 0.2) is 6.61 Å². The van der Waals surface area contributed by atoms with Crippen LogP contribution in [0.2, 0.25) is 0 Å². The van der Waals surface area contributed by atoms with Crippen molar-refractivity contribution in [3.8, 4) is 5.75 Å². The molecule has 0 fully saturated rings. The van der Waals surface area contributed by atoms with Crippen LogP contribution in [0, 0.1) is 30.9 Å². The number of nitro groups is 1. The van der Waals surface area contributed by atoms with E-state index in [9.17, 15) is 14.9 Å². The van der Waals surface area contributed by atoms with Crippen LogP contribution in [0.4, 0.5) is 11.4 Å². The van der Waals surface area contributed by atoms with Gasteiger partial charge < -0.3 is 10.1 Å². The first kappa shape index (κ1) is 16.5. The Morgan fingerprint density at radius 1 is 1.13 bits per heavy atom. The molecular formula is C17H18N2O4. The molecule has 0 radical (unpaired) electrons. The van der Waals surface area contributed by atoms with Crippen molar-refractivity contribution in [3.05, 3.63) is 63.2 Å². The molecule has 0 spiro atoms. The molecule has 0 bridgehead atoms. The van der Waals surface area contributed by atoms with Crippen molar-refractivity contribution in [2.45, 2.75) is 20.8 Å². The summed E-state index contributed by atoms with van der Waals surface area (Å²) >= 11 is 0. The molecule has 120 valence electrons. The Morgan fingerprint density at radius 3 is 2.52 bits per heavy atom. The highest BCUT2D eigenvalue weighted by molar-refractivity contribution is 5.92. The smallest absolute Gasteiger partial charge is 0.272 e. The van der Waals surface area contributed by atoms with E-state index in [4.69, 9.17) is 4.74 Å². The predicted molar refractivity (Wildman–Crippen MR) is 87.9 cm³/mol. The molecule has 0 unspecified atom stereocenters. The van der Waals surface area contributed by atoms with Crippen LogP contribution in [0.15, 0.2) is 36.4 Å². The van der Waals surface area contributed by atoms with Crippen LogP contribution in [0.1, 0.15) is 16.7 Å². The number of nitrogens with one attached hydrogen (secondary N) is 1.